The van der Waals surface area contributed by atoms with Gasteiger partial charge in [0.05, 0.1) is 12.7 Å². The minimum absolute atomic E-state index is 0.253. The van der Waals surface area contributed by atoms with Crippen LogP contribution in [-0.4, -0.2) is 42.8 Å². The molecule has 6 heteroatoms. The number of allylic oxidation sites excluding steroid dienone is 1. The van der Waals surface area contributed by atoms with Crippen molar-refractivity contribution >= 4 is 29.0 Å². The Hall–Kier alpha value is -1.82. The van der Waals surface area contributed by atoms with Crippen molar-refractivity contribution < 1.29 is 19.1 Å². The van der Waals surface area contributed by atoms with Crippen molar-refractivity contribution in [2.24, 2.45) is 5.92 Å². The van der Waals surface area contributed by atoms with Crippen LogP contribution in [0, 0.1) is 12.8 Å². The molecule has 0 radical (unpaired) electrons. The van der Waals surface area contributed by atoms with Gasteiger partial charge in [-0.1, -0.05) is 6.58 Å². The molecule has 0 aromatic carbocycles. The van der Waals surface area contributed by atoms with Crippen LogP contribution in [-0.2, 0) is 9.47 Å². The van der Waals surface area contributed by atoms with Gasteiger partial charge < -0.3 is 14.4 Å². The average Bonchev–Trinajstić information content (AvgIpc) is 2.93. The molecule has 5 nitrogen and oxygen atoms in total. The molecule has 1 aromatic heterocycles. The predicted molar refractivity (Wildman–Crippen MR) is 100.0 cm³/mol. The SMILES string of the molecule is C=C(c1scc(C(=O)OC)c1C)C1CCN(C(=O)OC(C)(C)C)CC1. The Morgan fingerprint density at radius 1 is 1.28 bits per heavy atom. The standard InChI is InChI=1S/C19H27NO4S/c1-12(16-13(2)15(11-25-16)17(21)23-6)14-7-9-20(10-8-14)18(22)24-19(3,4)5/h11,14H,1,7-10H2,2-6H3. The number of piperidine rings is 1. The third-order valence-electron chi connectivity index (χ3n) is 4.38. The number of hydrogen-bond donors (Lipinski definition) is 0. The summed E-state index contributed by atoms with van der Waals surface area (Å²) in [7, 11) is 1.39. The lowest BCUT2D eigenvalue weighted by Gasteiger charge is -2.34. The van der Waals surface area contributed by atoms with E-state index in [9.17, 15) is 9.59 Å². The number of thiophene rings is 1. The second kappa shape index (κ2) is 7.60. The number of methoxy groups -OCH3 is 1. The zero-order chi connectivity index (χ0) is 18.8. The first kappa shape index (κ1) is 19.5. The molecule has 0 spiro atoms. The van der Waals surface area contributed by atoms with Crippen molar-refractivity contribution in [1.29, 1.82) is 0 Å². The molecule has 0 N–H and O–H groups in total. The van der Waals surface area contributed by atoms with Gasteiger partial charge in [0.25, 0.3) is 0 Å². The van der Waals surface area contributed by atoms with Gasteiger partial charge >= 0.3 is 12.1 Å². The van der Waals surface area contributed by atoms with E-state index < -0.39 is 5.60 Å². The molecule has 0 aliphatic carbocycles. The Morgan fingerprint density at radius 3 is 2.40 bits per heavy atom. The zero-order valence-electron chi connectivity index (χ0n) is 15.7. The number of amides is 1. The summed E-state index contributed by atoms with van der Waals surface area (Å²) < 4.78 is 10.2. The van der Waals surface area contributed by atoms with Gasteiger partial charge in [-0.2, -0.15) is 0 Å². The van der Waals surface area contributed by atoms with Crippen molar-refractivity contribution in [1.82, 2.24) is 4.90 Å². The molecule has 0 atom stereocenters. The second-order valence-corrected chi connectivity index (χ2v) is 8.24. The number of ether oxygens (including phenoxy) is 2. The highest BCUT2D eigenvalue weighted by Crippen LogP contribution is 2.37. The zero-order valence-corrected chi connectivity index (χ0v) is 16.5. The molecule has 2 rings (SSSR count). The molecule has 1 amide bonds. The molecule has 0 bridgehead atoms. The fourth-order valence-corrected chi connectivity index (χ4v) is 4.08. The first-order valence-electron chi connectivity index (χ1n) is 8.47. The molecule has 2 heterocycles. The van der Waals surface area contributed by atoms with Gasteiger partial charge in [0, 0.05) is 23.3 Å². The van der Waals surface area contributed by atoms with Gasteiger partial charge in [-0.15, -0.1) is 11.3 Å². The van der Waals surface area contributed by atoms with Crippen LogP contribution < -0.4 is 0 Å². The summed E-state index contributed by atoms with van der Waals surface area (Å²) in [5.74, 6) is -0.00548. The number of esters is 1. The minimum Gasteiger partial charge on any atom is -0.465 e. The smallest absolute Gasteiger partial charge is 0.410 e. The predicted octanol–water partition coefficient (Wildman–Crippen LogP) is 4.50. The Balaban J connectivity index is 1.99. The van der Waals surface area contributed by atoms with E-state index in [1.165, 1.54) is 18.4 Å². The summed E-state index contributed by atoms with van der Waals surface area (Å²) in [5.41, 5.74) is 2.10. The molecule has 0 saturated carbocycles. The summed E-state index contributed by atoms with van der Waals surface area (Å²) in [5, 5.41) is 1.83. The van der Waals surface area contributed by atoms with E-state index >= 15 is 0 Å². The Labute approximate surface area is 153 Å². The molecule has 1 aliphatic rings. The number of nitrogens with zero attached hydrogens (tertiary/aromatic N) is 1. The van der Waals surface area contributed by atoms with Gasteiger partial charge in [-0.05, 0) is 57.6 Å². The van der Waals surface area contributed by atoms with Gasteiger partial charge in [-0.3, -0.25) is 0 Å². The lowest BCUT2D eigenvalue weighted by atomic mass is 9.88. The molecule has 1 fully saturated rings. The van der Waals surface area contributed by atoms with Crippen LogP contribution in [0.2, 0.25) is 0 Å². The van der Waals surface area contributed by atoms with E-state index in [4.69, 9.17) is 9.47 Å². The van der Waals surface area contributed by atoms with Crippen molar-refractivity contribution in [2.75, 3.05) is 20.2 Å². The molecule has 25 heavy (non-hydrogen) atoms. The summed E-state index contributed by atoms with van der Waals surface area (Å²) in [4.78, 5) is 26.7. The highest BCUT2D eigenvalue weighted by atomic mass is 32.1. The molecule has 138 valence electrons. The molecular formula is C19H27NO4S. The summed E-state index contributed by atoms with van der Waals surface area (Å²) in [6.07, 6.45) is 1.45. The van der Waals surface area contributed by atoms with Crippen molar-refractivity contribution in [3.05, 3.63) is 28.0 Å². The van der Waals surface area contributed by atoms with Crippen LogP contribution in [0.4, 0.5) is 4.79 Å². The van der Waals surface area contributed by atoms with Crippen LogP contribution in [0.25, 0.3) is 5.57 Å². The number of hydrogen-bond acceptors (Lipinski definition) is 5. The highest BCUT2D eigenvalue weighted by molar-refractivity contribution is 7.11. The van der Waals surface area contributed by atoms with E-state index in [2.05, 4.69) is 6.58 Å². The molecule has 0 unspecified atom stereocenters. The van der Waals surface area contributed by atoms with Crippen LogP contribution in [0.1, 0.15) is 54.4 Å². The van der Waals surface area contributed by atoms with Crippen LogP contribution in [0.3, 0.4) is 0 Å². The maximum Gasteiger partial charge on any atom is 0.410 e. The molecule has 1 aliphatic heterocycles. The van der Waals surface area contributed by atoms with E-state index in [0.29, 0.717) is 24.6 Å². The number of carbonyl (C=O) groups excluding carboxylic acids is 2. The van der Waals surface area contributed by atoms with Gasteiger partial charge in [0.15, 0.2) is 0 Å². The fourth-order valence-electron chi connectivity index (χ4n) is 2.97. The normalized spacial score (nSPS) is 15.8. The number of rotatable bonds is 3. The molecular weight excluding hydrogens is 338 g/mol. The first-order chi connectivity index (χ1) is 11.6. The van der Waals surface area contributed by atoms with Crippen molar-refractivity contribution in [3.63, 3.8) is 0 Å². The fraction of sp³-hybridized carbons (Fsp3) is 0.579. The monoisotopic (exact) mass is 365 g/mol. The number of carbonyl (C=O) groups is 2. The lowest BCUT2D eigenvalue weighted by molar-refractivity contribution is 0.0199. The molecule has 1 aromatic rings. The lowest BCUT2D eigenvalue weighted by Crippen LogP contribution is -2.41. The Bertz CT molecular complexity index is 663. The summed E-state index contributed by atoms with van der Waals surface area (Å²) in [6.45, 7) is 13.1. The Morgan fingerprint density at radius 2 is 1.88 bits per heavy atom. The van der Waals surface area contributed by atoms with Gasteiger partial charge in [-0.25, -0.2) is 9.59 Å². The van der Waals surface area contributed by atoms with Crippen LogP contribution in [0.15, 0.2) is 12.0 Å². The maximum atomic E-state index is 12.2. The molecule has 1 saturated heterocycles. The van der Waals surface area contributed by atoms with E-state index in [0.717, 1.165) is 28.9 Å². The topological polar surface area (TPSA) is 55.8 Å². The first-order valence-corrected chi connectivity index (χ1v) is 9.35. The third kappa shape index (κ3) is 4.63. The summed E-state index contributed by atoms with van der Waals surface area (Å²) >= 11 is 1.53. The number of likely N-dealkylation sites (tertiary alicyclic amines) is 1. The second-order valence-electron chi connectivity index (χ2n) is 7.36. The highest BCUT2D eigenvalue weighted by Gasteiger charge is 2.29. The minimum atomic E-state index is -0.476. The van der Waals surface area contributed by atoms with E-state index in [1.54, 1.807) is 4.90 Å². The van der Waals surface area contributed by atoms with E-state index in [-0.39, 0.29) is 12.1 Å². The summed E-state index contributed by atoms with van der Waals surface area (Å²) in [6, 6.07) is 0. The average molecular weight is 365 g/mol. The van der Waals surface area contributed by atoms with Crippen molar-refractivity contribution in [2.45, 2.75) is 46.1 Å². The van der Waals surface area contributed by atoms with Crippen LogP contribution >= 0.6 is 11.3 Å². The van der Waals surface area contributed by atoms with E-state index in [1.807, 2.05) is 33.1 Å². The Kier molecular flexibility index (Phi) is 5.93. The van der Waals surface area contributed by atoms with Crippen LogP contribution in [0.5, 0.6) is 0 Å². The largest absolute Gasteiger partial charge is 0.465 e. The quantitative estimate of drug-likeness (QED) is 0.740. The van der Waals surface area contributed by atoms with Crippen molar-refractivity contribution in [3.8, 4) is 0 Å². The van der Waals surface area contributed by atoms with Gasteiger partial charge in [0.1, 0.15) is 5.60 Å². The van der Waals surface area contributed by atoms with Gasteiger partial charge in [0.2, 0.25) is 0 Å². The maximum absolute atomic E-state index is 12.2. The third-order valence-corrected chi connectivity index (χ3v) is 5.53.